The van der Waals surface area contributed by atoms with Crippen molar-refractivity contribution >= 4 is 34.1 Å². The summed E-state index contributed by atoms with van der Waals surface area (Å²) in [6.45, 7) is 1.68. The molecule has 4 rings (SSSR count). The maximum absolute atomic E-state index is 13.0. The molecule has 3 heterocycles. The molecule has 1 atom stereocenters. The number of hydrogen-bond donors (Lipinski definition) is 4. The molecular weight excluding hydrogens is 414 g/mol. The monoisotopic (exact) mass is 437 g/mol. The van der Waals surface area contributed by atoms with E-state index < -0.39 is 6.03 Å². The van der Waals surface area contributed by atoms with Crippen molar-refractivity contribution in [1.82, 2.24) is 25.6 Å². The Bertz CT molecular complexity index is 1020. The minimum absolute atomic E-state index is 0.0274. The number of nitrogens with one attached hydrogen (secondary N) is 4. The van der Waals surface area contributed by atoms with Gasteiger partial charge < -0.3 is 10.6 Å². The number of carbonyl (C=O) groups is 2. The number of anilines is 2. The van der Waals surface area contributed by atoms with Crippen molar-refractivity contribution in [3.05, 3.63) is 54.6 Å². The van der Waals surface area contributed by atoms with E-state index in [1.165, 1.54) is 23.9 Å². The molecule has 4 N–H and O–H groups in total. The van der Waals surface area contributed by atoms with E-state index >= 15 is 0 Å². The Morgan fingerprint density at radius 3 is 2.77 bits per heavy atom. The molecule has 1 saturated heterocycles. The number of amides is 3. The zero-order chi connectivity index (χ0) is 21.5. The molecule has 3 aromatic rings. The maximum atomic E-state index is 13.0. The van der Waals surface area contributed by atoms with E-state index in [4.69, 9.17) is 0 Å². The molecule has 0 spiro atoms. The van der Waals surface area contributed by atoms with Crippen LogP contribution in [0.1, 0.15) is 29.8 Å². The minimum atomic E-state index is -0.507. The van der Waals surface area contributed by atoms with Gasteiger partial charge in [0, 0.05) is 24.3 Å². The van der Waals surface area contributed by atoms with Crippen molar-refractivity contribution < 1.29 is 9.59 Å². The number of hydrogen-bond acceptors (Lipinski definition) is 7. The first-order chi connectivity index (χ1) is 15.2. The number of carbonyl (C=O) groups excluding carboxylic acids is 2. The van der Waals surface area contributed by atoms with E-state index in [1.54, 1.807) is 6.07 Å². The van der Waals surface area contributed by atoms with Crippen LogP contribution in [0.5, 0.6) is 0 Å². The van der Waals surface area contributed by atoms with Crippen molar-refractivity contribution in [2.75, 3.05) is 23.7 Å². The number of benzene rings is 1. The molecule has 3 amide bonds. The minimum Gasteiger partial charge on any atom is -0.347 e. The van der Waals surface area contributed by atoms with Crippen LogP contribution in [0.25, 0.3) is 10.6 Å². The van der Waals surface area contributed by atoms with Gasteiger partial charge in [-0.1, -0.05) is 48.1 Å². The molecule has 0 bridgehead atoms. The van der Waals surface area contributed by atoms with Crippen LogP contribution in [0, 0.1) is 0 Å². The molecule has 31 heavy (non-hydrogen) atoms. The number of urea groups is 1. The van der Waals surface area contributed by atoms with Gasteiger partial charge >= 0.3 is 6.03 Å². The zero-order valence-electron chi connectivity index (χ0n) is 16.8. The summed E-state index contributed by atoms with van der Waals surface area (Å²) in [7, 11) is 0. The molecule has 1 fully saturated rings. The molecule has 160 valence electrons. The molecule has 0 saturated carbocycles. The summed E-state index contributed by atoms with van der Waals surface area (Å²) >= 11 is 1.25. The Morgan fingerprint density at radius 1 is 1.10 bits per heavy atom. The first-order valence-electron chi connectivity index (χ1n) is 10.1. The second-order valence-electron chi connectivity index (χ2n) is 7.11. The van der Waals surface area contributed by atoms with Gasteiger partial charge in [0.25, 0.3) is 5.91 Å². The first-order valence-corrected chi connectivity index (χ1v) is 10.9. The van der Waals surface area contributed by atoms with E-state index in [0.29, 0.717) is 15.8 Å². The molecular formula is C21H23N7O2S. The molecule has 1 aliphatic rings. The Balaban J connectivity index is 1.55. The lowest BCUT2D eigenvalue weighted by Crippen LogP contribution is -2.41. The first kappa shape index (κ1) is 20.9. The summed E-state index contributed by atoms with van der Waals surface area (Å²) in [5, 5.41) is 12.8. The van der Waals surface area contributed by atoms with Crippen LogP contribution in [-0.2, 0) is 0 Å². The lowest BCUT2D eigenvalue weighted by Gasteiger charge is -2.16. The quantitative estimate of drug-likeness (QED) is 0.487. The van der Waals surface area contributed by atoms with Crippen LogP contribution in [0.4, 0.5) is 15.6 Å². The third-order valence-electron chi connectivity index (χ3n) is 4.80. The highest BCUT2D eigenvalue weighted by molar-refractivity contribution is 7.19. The number of nitrogens with zero attached hydrogens (tertiary/aromatic N) is 3. The summed E-state index contributed by atoms with van der Waals surface area (Å²) in [5.41, 5.74) is 1.08. The van der Waals surface area contributed by atoms with Crippen LogP contribution in [-0.4, -0.2) is 46.0 Å². The lowest BCUT2D eigenvalue weighted by atomic mass is 10.1. The van der Waals surface area contributed by atoms with Crippen molar-refractivity contribution in [2.45, 2.75) is 25.3 Å². The Hall–Kier alpha value is -3.37. The average Bonchev–Trinajstić information content (AvgIpc) is 3.03. The summed E-state index contributed by atoms with van der Waals surface area (Å²) in [6.07, 6.45) is 5.93. The van der Waals surface area contributed by atoms with Crippen molar-refractivity contribution in [3.63, 3.8) is 0 Å². The van der Waals surface area contributed by atoms with Crippen LogP contribution >= 0.6 is 11.3 Å². The molecule has 0 radical (unpaired) electrons. The van der Waals surface area contributed by atoms with Gasteiger partial charge in [0.2, 0.25) is 0 Å². The maximum Gasteiger partial charge on any atom is 0.325 e. The topological polar surface area (TPSA) is 121 Å². The average molecular weight is 438 g/mol. The number of thiazole rings is 1. The molecule has 1 aromatic carbocycles. The predicted octanol–water partition coefficient (Wildman–Crippen LogP) is 3.12. The Morgan fingerprint density at radius 2 is 1.97 bits per heavy atom. The third kappa shape index (κ3) is 5.62. The Labute approximate surface area is 183 Å². The highest BCUT2D eigenvalue weighted by atomic mass is 32.1. The smallest absolute Gasteiger partial charge is 0.325 e. The Kier molecular flexibility index (Phi) is 6.80. The van der Waals surface area contributed by atoms with Crippen molar-refractivity contribution in [3.8, 4) is 10.6 Å². The standard InChI is InChI=1S/C21H23N7O2S/c29-18(25-15-8-4-5-10-22-12-15)17-20(28-21(30)26-16-9-11-23-13-24-16)31-19(27-17)14-6-2-1-3-7-14/h1-3,6-7,9,11,13,15,22H,4-5,8,10,12H2,(H,25,29)(H2,23,24,26,28,30). The van der Waals surface area contributed by atoms with E-state index in [2.05, 4.69) is 36.2 Å². The molecule has 10 heteroatoms. The van der Waals surface area contributed by atoms with E-state index in [9.17, 15) is 9.59 Å². The summed E-state index contributed by atoms with van der Waals surface area (Å²) < 4.78 is 0. The predicted molar refractivity (Wildman–Crippen MR) is 120 cm³/mol. The van der Waals surface area contributed by atoms with E-state index in [0.717, 1.165) is 37.9 Å². The van der Waals surface area contributed by atoms with Crippen molar-refractivity contribution in [1.29, 1.82) is 0 Å². The molecule has 0 aliphatic carbocycles. The molecule has 1 unspecified atom stereocenters. The van der Waals surface area contributed by atoms with Gasteiger partial charge in [0.15, 0.2) is 5.69 Å². The third-order valence-corrected chi connectivity index (χ3v) is 5.82. The van der Waals surface area contributed by atoms with Gasteiger partial charge in [0.05, 0.1) is 0 Å². The number of rotatable bonds is 5. The summed E-state index contributed by atoms with van der Waals surface area (Å²) in [5.74, 6) is 0.0558. The normalized spacial score (nSPS) is 16.2. The van der Waals surface area contributed by atoms with Gasteiger partial charge in [-0.3, -0.25) is 15.4 Å². The second-order valence-corrected chi connectivity index (χ2v) is 8.11. The molecule has 9 nitrogen and oxygen atoms in total. The highest BCUT2D eigenvalue weighted by Gasteiger charge is 2.23. The second kappa shape index (κ2) is 10.1. The fourth-order valence-corrected chi connectivity index (χ4v) is 4.24. The summed E-state index contributed by atoms with van der Waals surface area (Å²) in [4.78, 5) is 37.9. The van der Waals surface area contributed by atoms with Crippen LogP contribution < -0.4 is 21.3 Å². The van der Waals surface area contributed by atoms with Crippen LogP contribution in [0.2, 0.25) is 0 Å². The summed E-state index contributed by atoms with van der Waals surface area (Å²) in [6, 6.07) is 10.7. The largest absolute Gasteiger partial charge is 0.347 e. The van der Waals surface area contributed by atoms with Crippen molar-refractivity contribution in [2.24, 2.45) is 0 Å². The van der Waals surface area contributed by atoms with Crippen LogP contribution in [0.15, 0.2) is 48.9 Å². The fraction of sp³-hybridized carbons (Fsp3) is 0.286. The van der Waals surface area contributed by atoms with E-state index in [1.807, 2.05) is 30.3 Å². The van der Waals surface area contributed by atoms with Gasteiger partial charge in [0.1, 0.15) is 22.2 Å². The van der Waals surface area contributed by atoms with Gasteiger partial charge in [-0.25, -0.2) is 19.7 Å². The fourth-order valence-electron chi connectivity index (χ4n) is 3.27. The lowest BCUT2D eigenvalue weighted by molar-refractivity contribution is 0.0932. The van der Waals surface area contributed by atoms with Crippen LogP contribution in [0.3, 0.4) is 0 Å². The SMILES string of the molecule is O=C(Nc1ccncn1)Nc1sc(-c2ccccc2)nc1C(=O)NC1CCCCNC1. The van der Waals surface area contributed by atoms with Gasteiger partial charge in [-0.15, -0.1) is 0 Å². The number of aromatic nitrogens is 3. The van der Waals surface area contributed by atoms with Gasteiger partial charge in [-0.2, -0.15) is 0 Å². The molecule has 1 aliphatic heterocycles. The van der Waals surface area contributed by atoms with E-state index in [-0.39, 0.29) is 17.6 Å². The van der Waals surface area contributed by atoms with Gasteiger partial charge in [-0.05, 0) is 25.5 Å². The molecule has 2 aromatic heterocycles. The highest BCUT2D eigenvalue weighted by Crippen LogP contribution is 2.32. The zero-order valence-corrected chi connectivity index (χ0v) is 17.6.